The van der Waals surface area contributed by atoms with Gasteiger partial charge in [0.05, 0.1) is 91.2 Å². The number of hydrogen-bond acceptors (Lipinski definition) is 5. The standard InChI is InChI=1S/C40H18F3N7/c41-40(42,43)31-3-1-4-36(49-32-10-6-23(19-44)15-27(32)28-16-24(20-45)7-11-33(28)49)38(31)39-37(5-2-14-48-39)50-34-12-8-25(21-46)17-29(34)30-18-26(22-47)9-13-35(30)50/h1-18H. The number of aromatic nitrogens is 3. The average molecular weight is 654 g/mol. The first-order valence-corrected chi connectivity index (χ1v) is 15.2. The average Bonchev–Trinajstić information content (AvgIpc) is 3.64. The molecule has 0 aliphatic rings. The molecule has 0 N–H and O–H groups in total. The van der Waals surface area contributed by atoms with Crippen molar-refractivity contribution < 1.29 is 13.2 Å². The van der Waals surface area contributed by atoms with E-state index in [0.717, 1.165) is 6.07 Å². The van der Waals surface area contributed by atoms with Crippen molar-refractivity contribution in [3.05, 3.63) is 137 Å². The number of pyridine rings is 1. The molecule has 0 aliphatic carbocycles. The Bertz CT molecular complexity index is 2780. The first kappa shape index (κ1) is 30.0. The molecule has 3 heterocycles. The van der Waals surface area contributed by atoms with Gasteiger partial charge in [-0.1, -0.05) is 6.07 Å². The molecule has 0 saturated heterocycles. The maximum atomic E-state index is 15.2. The fraction of sp³-hybridized carbons (Fsp3) is 0.0250. The second kappa shape index (κ2) is 11.1. The molecule has 0 unspecified atom stereocenters. The summed E-state index contributed by atoms with van der Waals surface area (Å²) in [6.07, 6.45) is -3.35. The van der Waals surface area contributed by atoms with E-state index in [9.17, 15) is 21.0 Å². The van der Waals surface area contributed by atoms with Crippen molar-refractivity contribution in [3.8, 4) is 46.9 Å². The molecule has 0 saturated carbocycles. The van der Waals surface area contributed by atoms with Crippen molar-refractivity contribution in [2.45, 2.75) is 6.18 Å². The topological polar surface area (TPSA) is 118 Å². The number of halogens is 3. The number of hydrogen-bond donors (Lipinski definition) is 0. The van der Waals surface area contributed by atoms with Gasteiger partial charge in [0.1, 0.15) is 0 Å². The molecule has 8 aromatic rings. The third kappa shape index (κ3) is 4.45. The molecule has 8 rings (SSSR count). The minimum absolute atomic E-state index is 0.0419. The number of rotatable bonds is 3. The third-order valence-corrected chi connectivity index (χ3v) is 8.90. The Hall–Kier alpha value is -7.40. The largest absolute Gasteiger partial charge is 0.417 e. The first-order valence-electron chi connectivity index (χ1n) is 15.2. The second-order valence-electron chi connectivity index (χ2n) is 11.6. The van der Waals surface area contributed by atoms with Gasteiger partial charge in [0, 0.05) is 33.3 Å². The summed E-state index contributed by atoms with van der Waals surface area (Å²) in [5.41, 5.74) is 3.29. The summed E-state index contributed by atoms with van der Waals surface area (Å²) in [5.74, 6) is 0. The van der Waals surface area contributed by atoms with E-state index in [2.05, 4.69) is 29.3 Å². The van der Waals surface area contributed by atoms with Crippen LogP contribution in [0.15, 0.2) is 109 Å². The van der Waals surface area contributed by atoms with Gasteiger partial charge in [-0.2, -0.15) is 34.2 Å². The van der Waals surface area contributed by atoms with Crippen LogP contribution in [0.4, 0.5) is 13.2 Å². The van der Waals surface area contributed by atoms with Crippen molar-refractivity contribution in [3.63, 3.8) is 0 Å². The maximum Gasteiger partial charge on any atom is 0.417 e. The summed E-state index contributed by atoms with van der Waals surface area (Å²) in [6.45, 7) is 0. The van der Waals surface area contributed by atoms with E-state index >= 15 is 13.2 Å². The van der Waals surface area contributed by atoms with Gasteiger partial charge in [-0.15, -0.1) is 0 Å². The number of nitriles is 4. The predicted octanol–water partition coefficient (Wildman–Crippen LogP) is 9.45. The Morgan fingerprint density at radius 3 is 1.30 bits per heavy atom. The van der Waals surface area contributed by atoms with Crippen LogP contribution in [0.3, 0.4) is 0 Å². The molecule has 50 heavy (non-hydrogen) atoms. The molecule has 5 aromatic carbocycles. The quantitative estimate of drug-likeness (QED) is 0.188. The summed E-state index contributed by atoms with van der Waals surface area (Å²) in [4.78, 5) is 4.62. The summed E-state index contributed by atoms with van der Waals surface area (Å²) >= 11 is 0. The Morgan fingerprint density at radius 1 is 0.500 bits per heavy atom. The van der Waals surface area contributed by atoms with Gasteiger partial charge in [-0.05, 0) is 97.1 Å². The highest BCUT2D eigenvalue weighted by Gasteiger charge is 2.37. The summed E-state index contributed by atoms with van der Waals surface area (Å²) in [6, 6.07) is 35.9. The van der Waals surface area contributed by atoms with E-state index in [0.29, 0.717) is 71.6 Å². The zero-order chi connectivity index (χ0) is 34.7. The Balaban J connectivity index is 1.52. The van der Waals surface area contributed by atoms with E-state index in [1.807, 2.05) is 0 Å². The SMILES string of the molecule is N#Cc1ccc2c(c1)c1cc(C#N)ccc1n2-c1cccnc1-c1c(-n2c3ccc(C#N)cc3c3cc(C#N)ccc32)cccc1C(F)(F)F. The minimum Gasteiger partial charge on any atom is -0.309 e. The van der Waals surface area contributed by atoms with Gasteiger partial charge < -0.3 is 9.13 Å². The molecule has 234 valence electrons. The minimum atomic E-state index is -4.79. The van der Waals surface area contributed by atoms with Gasteiger partial charge in [-0.25, -0.2) is 0 Å². The van der Waals surface area contributed by atoms with Crippen LogP contribution in [0.5, 0.6) is 0 Å². The Morgan fingerprint density at radius 2 is 0.900 bits per heavy atom. The molecule has 0 fully saturated rings. The number of alkyl halides is 3. The first-order chi connectivity index (χ1) is 24.2. The van der Waals surface area contributed by atoms with E-state index in [4.69, 9.17) is 0 Å². The van der Waals surface area contributed by atoms with Crippen molar-refractivity contribution in [1.29, 1.82) is 21.0 Å². The van der Waals surface area contributed by atoms with Gasteiger partial charge in [0.15, 0.2) is 0 Å². The lowest BCUT2D eigenvalue weighted by Gasteiger charge is -2.21. The van der Waals surface area contributed by atoms with E-state index < -0.39 is 11.7 Å². The fourth-order valence-corrected chi connectivity index (χ4v) is 6.83. The summed E-state index contributed by atoms with van der Waals surface area (Å²) < 4.78 is 49.0. The van der Waals surface area contributed by atoms with E-state index in [1.165, 1.54) is 12.3 Å². The van der Waals surface area contributed by atoms with Gasteiger partial charge >= 0.3 is 6.18 Å². The van der Waals surface area contributed by atoms with Gasteiger partial charge in [0.2, 0.25) is 0 Å². The highest BCUT2D eigenvalue weighted by atomic mass is 19.4. The van der Waals surface area contributed by atoms with Crippen LogP contribution in [-0.2, 0) is 6.18 Å². The van der Waals surface area contributed by atoms with Crippen LogP contribution in [0, 0.1) is 45.3 Å². The van der Waals surface area contributed by atoms with E-state index in [1.54, 1.807) is 100 Å². The predicted molar refractivity (Wildman–Crippen MR) is 182 cm³/mol. The van der Waals surface area contributed by atoms with Crippen LogP contribution < -0.4 is 0 Å². The van der Waals surface area contributed by atoms with Gasteiger partial charge in [0.25, 0.3) is 0 Å². The molecule has 10 heteroatoms. The second-order valence-corrected chi connectivity index (χ2v) is 11.6. The van der Waals surface area contributed by atoms with Crippen LogP contribution >= 0.6 is 0 Å². The van der Waals surface area contributed by atoms with Crippen molar-refractivity contribution in [2.75, 3.05) is 0 Å². The highest BCUT2D eigenvalue weighted by molar-refractivity contribution is 6.12. The third-order valence-electron chi connectivity index (χ3n) is 8.90. The molecule has 7 nitrogen and oxygen atoms in total. The molecular formula is C40H18F3N7. The molecule has 0 atom stereocenters. The van der Waals surface area contributed by atoms with Gasteiger partial charge in [-0.3, -0.25) is 4.98 Å². The van der Waals surface area contributed by atoms with E-state index in [-0.39, 0.29) is 16.9 Å². The summed E-state index contributed by atoms with van der Waals surface area (Å²) in [7, 11) is 0. The smallest absolute Gasteiger partial charge is 0.309 e. The molecule has 3 aromatic heterocycles. The number of nitrogens with zero attached hydrogens (tertiary/aromatic N) is 7. The van der Waals surface area contributed by atoms with Crippen LogP contribution in [0.25, 0.3) is 66.2 Å². The zero-order valence-corrected chi connectivity index (χ0v) is 25.7. The molecule has 0 bridgehead atoms. The van der Waals surface area contributed by atoms with Crippen molar-refractivity contribution >= 4 is 43.6 Å². The molecule has 0 radical (unpaired) electrons. The lowest BCUT2D eigenvalue weighted by Crippen LogP contribution is -2.12. The highest BCUT2D eigenvalue weighted by Crippen LogP contribution is 2.45. The lowest BCUT2D eigenvalue weighted by atomic mass is 9.99. The molecule has 0 aliphatic heterocycles. The fourth-order valence-electron chi connectivity index (χ4n) is 6.83. The molecular weight excluding hydrogens is 635 g/mol. The Labute approximate surface area is 281 Å². The van der Waals surface area contributed by atoms with Crippen molar-refractivity contribution in [2.24, 2.45) is 0 Å². The van der Waals surface area contributed by atoms with Crippen LogP contribution in [-0.4, -0.2) is 14.1 Å². The maximum absolute atomic E-state index is 15.2. The summed E-state index contributed by atoms with van der Waals surface area (Å²) in [5, 5.41) is 41.2. The zero-order valence-electron chi connectivity index (χ0n) is 25.7. The molecule has 0 spiro atoms. The Kier molecular flexibility index (Phi) is 6.65. The number of benzene rings is 5. The van der Waals surface area contributed by atoms with Crippen LogP contribution in [0.1, 0.15) is 27.8 Å². The normalized spacial score (nSPS) is 11.4. The van der Waals surface area contributed by atoms with Crippen molar-refractivity contribution in [1.82, 2.24) is 14.1 Å². The van der Waals surface area contributed by atoms with Crippen LogP contribution in [0.2, 0.25) is 0 Å². The lowest BCUT2D eigenvalue weighted by molar-refractivity contribution is -0.137. The molecule has 0 amide bonds. The monoisotopic (exact) mass is 653 g/mol. The number of fused-ring (bicyclic) bond motifs is 6.